The Balaban J connectivity index is 2.27. The summed E-state index contributed by atoms with van der Waals surface area (Å²) in [5, 5.41) is 1.15. The number of aromatic amines is 1. The summed E-state index contributed by atoms with van der Waals surface area (Å²) < 4.78 is 0. The first-order chi connectivity index (χ1) is 7.25. The summed E-state index contributed by atoms with van der Waals surface area (Å²) in [4.78, 5) is 13.6. The Morgan fingerprint density at radius 1 is 1.40 bits per heavy atom. The molecule has 2 rings (SSSR count). The lowest BCUT2D eigenvalue weighted by Crippen LogP contribution is -2.08. The Hall–Kier alpha value is -2.21. The predicted molar refractivity (Wildman–Crippen MR) is 59.0 cm³/mol. The van der Waals surface area contributed by atoms with Crippen LogP contribution < -0.4 is 5.73 Å². The normalized spacial score (nSPS) is 9.60. The molecule has 3 N–H and O–H groups in total. The van der Waals surface area contributed by atoms with Crippen LogP contribution in [-0.4, -0.2) is 10.9 Å². The molecule has 0 aliphatic carbocycles. The zero-order valence-electron chi connectivity index (χ0n) is 8.08. The number of hydrogen-bond donors (Lipinski definition) is 2. The minimum atomic E-state index is -0.400. The largest absolute Gasteiger partial charge is 0.369 e. The lowest BCUT2D eigenvalue weighted by Gasteiger charge is -1.91. The van der Waals surface area contributed by atoms with E-state index >= 15 is 0 Å². The predicted octanol–water partition coefficient (Wildman–Crippen LogP) is 1.39. The number of primary amides is 1. The third-order valence-electron chi connectivity index (χ3n) is 2.05. The second-order valence-electron chi connectivity index (χ2n) is 3.22. The van der Waals surface area contributed by atoms with Crippen molar-refractivity contribution in [2.75, 3.05) is 0 Å². The maximum absolute atomic E-state index is 10.5. The molecule has 0 aliphatic rings. The molecule has 0 saturated carbocycles. The molecule has 0 fully saturated rings. The number of H-pyrrole nitrogens is 1. The van der Waals surface area contributed by atoms with Gasteiger partial charge >= 0.3 is 0 Å². The molecule has 1 amide bonds. The molecule has 0 saturated heterocycles. The summed E-state index contributed by atoms with van der Waals surface area (Å²) in [6, 6.07) is 7.85. The number of benzene rings is 1. The number of carbonyl (C=O) groups is 1. The summed E-state index contributed by atoms with van der Waals surface area (Å²) >= 11 is 0. The van der Waals surface area contributed by atoms with Crippen LogP contribution in [0.5, 0.6) is 0 Å². The van der Waals surface area contributed by atoms with Gasteiger partial charge in [0, 0.05) is 17.3 Å². The molecular weight excluding hydrogens is 188 g/mol. The summed E-state index contributed by atoms with van der Waals surface area (Å²) in [7, 11) is 0. The second-order valence-corrected chi connectivity index (χ2v) is 3.22. The number of rotatable bonds is 1. The van der Waals surface area contributed by atoms with Gasteiger partial charge < -0.3 is 10.7 Å². The molecular formula is C12H10N2O. The molecule has 1 aromatic heterocycles. The summed E-state index contributed by atoms with van der Waals surface area (Å²) in [6.07, 6.45) is 1.98. The van der Waals surface area contributed by atoms with Gasteiger partial charge in [0.2, 0.25) is 5.91 Å². The number of nitrogens with one attached hydrogen (secondary N) is 1. The maximum atomic E-state index is 10.5. The van der Waals surface area contributed by atoms with E-state index < -0.39 is 5.91 Å². The highest BCUT2D eigenvalue weighted by molar-refractivity contribution is 5.81. The van der Waals surface area contributed by atoms with E-state index in [1.807, 2.05) is 30.5 Å². The van der Waals surface area contributed by atoms with Gasteiger partial charge in [-0.3, -0.25) is 4.79 Å². The fraction of sp³-hybridized carbons (Fsp3) is 0.0833. The monoisotopic (exact) mass is 198 g/mol. The van der Waals surface area contributed by atoms with E-state index in [4.69, 9.17) is 5.73 Å². The van der Waals surface area contributed by atoms with Crippen LogP contribution in [0.15, 0.2) is 30.5 Å². The molecule has 1 heterocycles. The summed E-state index contributed by atoms with van der Waals surface area (Å²) in [5.74, 6) is 5.21. The molecule has 0 aliphatic heterocycles. The second kappa shape index (κ2) is 3.89. The van der Waals surface area contributed by atoms with Gasteiger partial charge in [-0.05, 0) is 23.6 Å². The fourth-order valence-electron chi connectivity index (χ4n) is 1.36. The van der Waals surface area contributed by atoms with Crippen molar-refractivity contribution in [3.05, 3.63) is 36.0 Å². The highest BCUT2D eigenvalue weighted by Gasteiger charge is 1.94. The van der Waals surface area contributed by atoms with E-state index in [1.165, 1.54) is 0 Å². The van der Waals surface area contributed by atoms with Crippen molar-refractivity contribution < 1.29 is 4.79 Å². The quantitative estimate of drug-likeness (QED) is 0.668. The van der Waals surface area contributed by atoms with E-state index in [1.54, 1.807) is 0 Å². The van der Waals surface area contributed by atoms with Gasteiger partial charge in [0.15, 0.2) is 0 Å². The smallest absolute Gasteiger partial charge is 0.229 e. The standard InChI is InChI=1S/C12H10N2O/c13-12(15)3-1-2-9-4-5-10-6-7-14-11(10)8-9/h4-8,14H,3H2,(H2,13,15). The van der Waals surface area contributed by atoms with Crippen molar-refractivity contribution in [3.63, 3.8) is 0 Å². The average Bonchev–Trinajstić information content (AvgIpc) is 2.64. The first kappa shape index (κ1) is 9.35. The van der Waals surface area contributed by atoms with E-state index in [0.717, 1.165) is 16.5 Å². The molecule has 15 heavy (non-hydrogen) atoms. The van der Waals surface area contributed by atoms with Gasteiger partial charge in [-0.2, -0.15) is 0 Å². The highest BCUT2D eigenvalue weighted by Crippen LogP contribution is 2.13. The lowest BCUT2D eigenvalue weighted by molar-refractivity contribution is -0.117. The zero-order chi connectivity index (χ0) is 10.7. The van der Waals surface area contributed by atoms with Crippen molar-refractivity contribution in [2.45, 2.75) is 6.42 Å². The highest BCUT2D eigenvalue weighted by atomic mass is 16.1. The van der Waals surface area contributed by atoms with Crippen molar-refractivity contribution >= 4 is 16.8 Å². The number of carbonyl (C=O) groups excluding carboxylic acids is 1. The Bertz CT molecular complexity index is 557. The maximum Gasteiger partial charge on any atom is 0.229 e. The number of hydrogen-bond acceptors (Lipinski definition) is 1. The van der Waals surface area contributed by atoms with Crippen LogP contribution in [0, 0.1) is 11.8 Å². The first-order valence-electron chi connectivity index (χ1n) is 4.60. The summed E-state index contributed by atoms with van der Waals surface area (Å²) in [6.45, 7) is 0. The van der Waals surface area contributed by atoms with Gasteiger partial charge in [-0.1, -0.05) is 17.9 Å². The number of aromatic nitrogens is 1. The van der Waals surface area contributed by atoms with Crippen LogP contribution in [0.1, 0.15) is 12.0 Å². The third kappa shape index (κ3) is 2.18. The molecule has 1 aromatic carbocycles. The lowest BCUT2D eigenvalue weighted by atomic mass is 10.1. The molecule has 3 nitrogen and oxygen atoms in total. The number of fused-ring (bicyclic) bond motifs is 1. The molecule has 3 heteroatoms. The average molecular weight is 198 g/mol. The fourth-order valence-corrected chi connectivity index (χ4v) is 1.36. The third-order valence-corrected chi connectivity index (χ3v) is 2.05. The van der Waals surface area contributed by atoms with Gasteiger partial charge in [-0.25, -0.2) is 0 Å². The van der Waals surface area contributed by atoms with Crippen molar-refractivity contribution in [1.82, 2.24) is 4.98 Å². The minimum Gasteiger partial charge on any atom is -0.369 e. The first-order valence-corrected chi connectivity index (χ1v) is 4.60. The van der Waals surface area contributed by atoms with Gasteiger partial charge in [0.05, 0.1) is 6.42 Å². The minimum absolute atomic E-state index is 0.1000. The Kier molecular flexibility index (Phi) is 2.42. The zero-order valence-corrected chi connectivity index (χ0v) is 8.08. The van der Waals surface area contributed by atoms with Crippen LogP contribution in [0.4, 0.5) is 0 Å². The van der Waals surface area contributed by atoms with Crippen LogP contribution >= 0.6 is 0 Å². The van der Waals surface area contributed by atoms with Crippen LogP contribution in [-0.2, 0) is 4.79 Å². The van der Waals surface area contributed by atoms with E-state index in [0.29, 0.717) is 0 Å². The molecule has 0 atom stereocenters. The number of nitrogens with two attached hydrogens (primary N) is 1. The number of amides is 1. The Morgan fingerprint density at radius 2 is 2.27 bits per heavy atom. The molecule has 0 unspecified atom stereocenters. The van der Waals surface area contributed by atoms with E-state index in [9.17, 15) is 4.79 Å². The van der Waals surface area contributed by atoms with Crippen LogP contribution in [0.25, 0.3) is 10.9 Å². The van der Waals surface area contributed by atoms with Crippen molar-refractivity contribution in [2.24, 2.45) is 5.73 Å². The van der Waals surface area contributed by atoms with Crippen LogP contribution in [0.2, 0.25) is 0 Å². The SMILES string of the molecule is NC(=O)CC#Cc1ccc2cc[nH]c2c1. The van der Waals surface area contributed by atoms with Crippen molar-refractivity contribution in [1.29, 1.82) is 0 Å². The topological polar surface area (TPSA) is 58.9 Å². The molecule has 2 aromatic rings. The molecule has 0 spiro atoms. The van der Waals surface area contributed by atoms with Crippen LogP contribution in [0.3, 0.4) is 0 Å². The molecule has 0 radical (unpaired) electrons. The molecule has 74 valence electrons. The Labute approximate surface area is 87.3 Å². The van der Waals surface area contributed by atoms with Gasteiger partial charge in [-0.15, -0.1) is 0 Å². The molecule has 0 bridgehead atoms. The van der Waals surface area contributed by atoms with E-state index in [2.05, 4.69) is 16.8 Å². The van der Waals surface area contributed by atoms with Gasteiger partial charge in [0.25, 0.3) is 0 Å². The van der Waals surface area contributed by atoms with Crippen molar-refractivity contribution in [3.8, 4) is 11.8 Å². The summed E-state index contributed by atoms with van der Waals surface area (Å²) in [5.41, 5.74) is 6.91. The van der Waals surface area contributed by atoms with Gasteiger partial charge in [0.1, 0.15) is 0 Å². The van der Waals surface area contributed by atoms with E-state index in [-0.39, 0.29) is 6.42 Å². The Morgan fingerprint density at radius 3 is 3.07 bits per heavy atom.